The number of nitrogens with one attached hydrogen (secondary N) is 1. The molecule has 2 aromatic carbocycles. The molecule has 0 saturated heterocycles. The first-order chi connectivity index (χ1) is 12.2. The van der Waals surface area contributed by atoms with Gasteiger partial charge in [-0.05, 0) is 42.0 Å². The van der Waals surface area contributed by atoms with Gasteiger partial charge < -0.3 is 4.90 Å². The zero-order chi connectivity index (χ0) is 17.5. The van der Waals surface area contributed by atoms with E-state index < -0.39 is 0 Å². The lowest BCUT2D eigenvalue weighted by atomic mass is 10.2. The fraction of sp³-hybridized carbons (Fsp3) is 0.0500. The highest BCUT2D eigenvalue weighted by Gasteiger charge is 2.03. The maximum absolute atomic E-state index is 11.9. The van der Waals surface area contributed by atoms with Gasteiger partial charge in [-0.15, -0.1) is 0 Å². The molecule has 1 amide bonds. The van der Waals surface area contributed by atoms with Crippen molar-refractivity contribution in [3.8, 4) is 0 Å². The number of amides is 1. The molecule has 0 fully saturated rings. The van der Waals surface area contributed by atoms with E-state index in [1.807, 2.05) is 49.5 Å². The summed E-state index contributed by atoms with van der Waals surface area (Å²) in [6, 6.07) is 21.4. The molecule has 0 unspecified atom stereocenters. The van der Waals surface area contributed by atoms with Gasteiger partial charge in [-0.3, -0.25) is 9.78 Å². The largest absolute Gasteiger partial charge is 0.345 e. The van der Waals surface area contributed by atoms with E-state index in [0.29, 0.717) is 5.56 Å². The average Bonchev–Trinajstić information content (AvgIpc) is 2.69. The predicted octanol–water partition coefficient (Wildman–Crippen LogP) is 3.61. The summed E-state index contributed by atoms with van der Waals surface area (Å²) in [4.78, 5) is 17.9. The number of benzene rings is 2. The lowest BCUT2D eigenvalue weighted by molar-refractivity contribution is 0.0955. The Kier molecular flexibility index (Phi) is 5.16. The summed E-state index contributed by atoms with van der Waals surface area (Å²) in [5, 5.41) is 3.99. The van der Waals surface area contributed by atoms with Crippen molar-refractivity contribution in [3.05, 3.63) is 90.3 Å². The smallest absolute Gasteiger partial charge is 0.271 e. The summed E-state index contributed by atoms with van der Waals surface area (Å²) in [6.45, 7) is 0. The number of para-hydroxylation sites is 1. The molecule has 5 heteroatoms. The lowest BCUT2D eigenvalue weighted by Gasteiger charge is -2.19. The second-order valence-electron chi connectivity index (χ2n) is 5.42. The number of hydrogen-bond acceptors (Lipinski definition) is 4. The zero-order valence-corrected chi connectivity index (χ0v) is 13.8. The minimum absolute atomic E-state index is 0.265. The van der Waals surface area contributed by atoms with Gasteiger partial charge in [0.2, 0.25) is 0 Å². The summed E-state index contributed by atoms with van der Waals surface area (Å²) in [5.74, 6) is -0.265. The molecule has 3 rings (SSSR count). The van der Waals surface area contributed by atoms with Gasteiger partial charge in [0, 0.05) is 36.4 Å². The van der Waals surface area contributed by atoms with E-state index in [1.165, 1.54) is 0 Å². The van der Waals surface area contributed by atoms with Crippen LogP contribution in [0, 0.1) is 0 Å². The molecule has 0 atom stereocenters. The van der Waals surface area contributed by atoms with Gasteiger partial charge >= 0.3 is 0 Å². The van der Waals surface area contributed by atoms with E-state index in [4.69, 9.17) is 0 Å². The molecule has 1 heterocycles. The van der Waals surface area contributed by atoms with Crippen LogP contribution in [0.4, 0.5) is 11.4 Å². The van der Waals surface area contributed by atoms with Crippen LogP contribution in [0.5, 0.6) is 0 Å². The third-order valence-corrected chi connectivity index (χ3v) is 3.75. The molecule has 0 bridgehead atoms. The molecular weight excluding hydrogens is 312 g/mol. The third-order valence-electron chi connectivity index (χ3n) is 3.75. The average molecular weight is 330 g/mol. The van der Waals surface area contributed by atoms with Crippen LogP contribution in [0.2, 0.25) is 0 Å². The molecule has 0 aliphatic carbocycles. The summed E-state index contributed by atoms with van der Waals surface area (Å²) >= 11 is 0. The maximum Gasteiger partial charge on any atom is 0.271 e. The Morgan fingerprint density at radius 3 is 2.28 bits per heavy atom. The number of carbonyl (C=O) groups excluding carboxylic acids is 1. The minimum Gasteiger partial charge on any atom is -0.345 e. The van der Waals surface area contributed by atoms with Crippen LogP contribution in [-0.2, 0) is 0 Å². The number of nitrogens with zero attached hydrogens (tertiary/aromatic N) is 3. The van der Waals surface area contributed by atoms with E-state index in [2.05, 4.69) is 32.5 Å². The van der Waals surface area contributed by atoms with Crippen molar-refractivity contribution in [1.29, 1.82) is 0 Å². The van der Waals surface area contributed by atoms with Gasteiger partial charge in [-0.1, -0.05) is 30.3 Å². The summed E-state index contributed by atoms with van der Waals surface area (Å²) in [6.07, 6.45) is 4.76. The number of carbonyl (C=O) groups is 1. The predicted molar refractivity (Wildman–Crippen MR) is 100 cm³/mol. The van der Waals surface area contributed by atoms with Gasteiger partial charge in [0.1, 0.15) is 0 Å². The normalized spacial score (nSPS) is 10.6. The molecule has 0 aliphatic heterocycles. The van der Waals surface area contributed by atoms with Crippen LogP contribution >= 0.6 is 0 Å². The van der Waals surface area contributed by atoms with Crippen molar-refractivity contribution in [2.45, 2.75) is 0 Å². The molecule has 0 spiro atoms. The second-order valence-corrected chi connectivity index (χ2v) is 5.42. The quantitative estimate of drug-likeness (QED) is 0.574. The topological polar surface area (TPSA) is 57.6 Å². The number of hydrazone groups is 1. The van der Waals surface area contributed by atoms with E-state index >= 15 is 0 Å². The van der Waals surface area contributed by atoms with E-state index in [1.54, 1.807) is 30.7 Å². The van der Waals surface area contributed by atoms with Crippen LogP contribution in [0.1, 0.15) is 15.9 Å². The van der Waals surface area contributed by atoms with Gasteiger partial charge in [0.05, 0.1) is 6.21 Å². The monoisotopic (exact) mass is 330 g/mol. The molecule has 25 heavy (non-hydrogen) atoms. The van der Waals surface area contributed by atoms with Crippen LogP contribution in [-0.4, -0.2) is 24.2 Å². The molecule has 0 aliphatic rings. The molecule has 5 nitrogen and oxygen atoms in total. The van der Waals surface area contributed by atoms with E-state index in [9.17, 15) is 4.79 Å². The fourth-order valence-corrected chi connectivity index (χ4v) is 2.32. The van der Waals surface area contributed by atoms with Crippen LogP contribution in [0.3, 0.4) is 0 Å². The van der Waals surface area contributed by atoms with Crippen molar-refractivity contribution >= 4 is 23.5 Å². The van der Waals surface area contributed by atoms with Crippen molar-refractivity contribution in [3.63, 3.8) is 0 Å². The van der Waals surface area contributed by atoms with Crippen molar-refractivity contribution in [2.75, 3.05) is 11.9 Å². The number of anilines is 2. The molecule has 0 radical (unpaired) electrons. The van der Waals surface area contributed by atoms with Gasteiger partial charge in [0.15, 0.2) is 0 Å². The van der Waals surface area contributed by atoms with Crippen LogP contribution in [0.15, 0.2) is 84.2 Å². The zero-order valence-electron chi connectivity index (χ0n) is 13.8. The highest BCUT2D eigenvalue weighted by atomic mass is 16.2. The summed E-state index contributed by atoms with van der Waals surface area (Å²) < 4.78 is 0. The van der Waals surface area contributed by atoms with Crippen molar-refractivity contribution in [1.82, 2.24) is 10.4 Å². The van der Waals surface area contributed by atoms with Gasteiger partial charge in [-0.2, -0.15) is 5.10 Å². The molecule has 0 saturated carbocycles. The number of rotatable bonds is 5. The molecular formula is C20H18N4O. The lowest BCUT2D eigenvalue weighted by Crippen LogP contribution is -2.17. The Morgan fingerprint density at radius 2 is 1.60 bits per heavy atom. The van der Waals surface area contributed by atoms with E-state index in [0.717, 1.165) is 16.9 Å². The standard InChI is InChI=1S/C20H18N4O/c1-24(18-5-3-2-4-6-18)19-9-7-16(8-10-19)15-22-23-20(25)17-11-13-21-14-12-17/h2-15H,1H3,(H,23,25)/b22-15-. The van der Waals surface area contributed by atoms with E-state index in [-0.39, 0.29) is 5.91 Å². The third kappa shape index (κ3) is 4.29. The number of pyridine rings is 1. The van der Waals surface area contributed by atoms with Gasteiger partial charge in [-0.25, -0.2) is 5.43 Å². The van der Waals surface area contributed by atoms with Crippen LogP contribution in [0.25, 0.3) is 0 Å². The number of aromatic nitrogens is 1. The Balaban J connectivity index is 1.62. The summed E-state index contributed by atoms with van der Waals surface area (Å²) in [7, 11) is 2.02. The first kappa shape index (κ1) is 16.4. The Bertz CT molecular complexity index is 846. The Labute approximate surface area is 146 Å². The highest BCUT2D eigenvalue weighted by molar-refractivity contribution is 5.94. The Morgan fingerprint density at radius 1 is 0.960 bits per heavy atom. The van der Waals surface area contributed by atoms with Gasteiger partial charge in [0.25, 0.3) is 5.91 Å². The summed E-state index contributed by atoms with van der Waals surface area (Å²) in [5.41, 5.74) is 6.12. The SMILES string of the molecule is CN(c1ccccc1)c1ccc(/C=N\NC(=O)c2ccncc2)cc1. The maximum atomic E-state index is 11.9. The molecule has 1 N–H and O–H groups in total. The first-order valence-electron chi connectivity index (χ1n) is 7.86. The first-order valence-corrected chi connectivity index (χ1v) is 7.86. The van der Waals surface area contributed by atoms with Crippen LogP contribution < -0.4 is 10.3 Å². The molecule has 124 valence electrons. The second kappa shape index (κ2) is 7.88. The fourth-order valence-electron chi connectivity index (χ4n) is 2.32. The molecule has 1 aromatic heterocycles. The van der Waals surface area contributed by atoms with Crippen molar-refractivity contribution < 1.29 is 4.79 Å². The number of hydrogen-bond donors (Lipinski definition) is 1. The highest BCUT2D eigenvalue weighted by Crippen LogP contribution is 2.22. The minimum atomic E-state index is -0.265. The molecule has 3 aromatic rings. The Hall–Kier alpha value is -3.47. The van der Waals surface area contributed by atoms with Crippen molar-refractivity contribution in [2.24, 2.45) is 5.10 Å².